The maximum Gasteiger partial charge on any atom is 0.336 e. The molecule has 0 unspecified atom stereocenters. The predicted octanol–water partition coefficient (Wildman–Crippen LogP) is 4.04. The molecular formula is C24H19N3O6. The van der Waals surface area contributed by atoms with Crippen molar-refractivity contribution < 1.29 is 18.8 Å². The van der Waals surface area contributed by atoms with Gasteiger partial charge in [-0.3, -0.25) is 10.1 Å². The molecule has 33 heavy (non-hydrogen) atoms. The van der Waals surface area contributed by atoms with Gasteiger partial charge in [0.2, 0.25) is 5.88 Å². The van der Waals surface area contributed by atoms with Crippen LogP contribution in [0.5, 0.6) is 11.6 Å². The first-order valence-corrected chi connectivity index (χ1v) is 10.6. The number of benzene rings is 2. The molecule has 4 aromatic rings. The summed E-state index contributed by atoms with van der Waals surface area (Å²) < 4.78 is 19.6. The van der Waals surface area contributed by atoms with E-state index < -0.39 is 10.5 Å². The third kappa shape index (κ3) is 2.85. The molecule has 9 nitrogen and oxygen atoms in total. The zero-order valence-corrected chi connectivity index (χ0v) is 17.9. The van der Waals surface area contributed by atoms with Gasteiger partial charge in [-0.1, -0.05) is 0 Å². The van der Waals surface area contributed by atoms with Crippen molar-refractivity contribution in [3.8, 4) is 17.3 Å². The van der Waals surface area contributed by atoms with Crippen LogP contribution < -0.4 is 15.1 Å². The van der Waals surface area contributed by atoms with Gasteiger partial charge in [-0.15, -0.1) is 0 Å². The lowest BCUT2D eigenvalue weighted by atomic mass is 9.77. The van der Waals surface area contributed by atoms with Crippen LogP contribution in [0.4, 0.5) is 5.69 Å². The van der Waals surface area contributed by atoms with Gasteiger partial charge in [-0.25, -0.2) is 9.48 Å². The fourth-order valence-electron chi connectivity index (χ4n) is 4.95. The fraction of sp³-hybridized carbons (Fsp3) is 0.250. The van der Waals surface area contributed by atoms with Crippen LogP contribution in [0.15, 0.2) is 51.7 Å². The summed E-state index contributed by atoms with van der Waals surface area (Å²) in [5.41, 5.74) is 4.16. The Morgan fingerprint density at radius 2 is 1.82 bits per heavy atom. The quantitative estimate of drug-likeness (QED) is 0.260. The molecule has 9 heteroatoms. The Balaban J connectivity index is 1.57. The summed E-state index contributed by atoms with van der Waals surface area (Å²) in [6.45, 7) is 4.68. The van der Waals surface area contributed by atoms with Gasteiger partial charge >= 0.3 is 5.63 Å². The molecule has 2 aliphatic heterocycles. The lowest BCUT2D eigenvalue weighted by Crippen LogP contribution is -2.35. The van der Waals surface area contributed by atoms with Gasteiger partial charge in [0.05, 0.1) is 29.5 Å². The highest BCUT2D eigenvalue weighted by atomic mass is 16.6. The average molecular weight is 445 g/mol. The van der Waals surface area contributed by atoms with Crippen LogP contribution in [0.25, 0.3) is 16.7 Å². The van der Waals surface area contributed by atoms with E-state index in [-0.39, 0.29) is 17.5 Å². The Kier molecular flexibility index (Phi) is 4.10. The van der Waals surface area contributed by atoms with Gasteiger partial charge in [0.1, 0.15) is 11.3 Å². The van der Waals surface area contributed by atoms with Crippen molar-refractivity contribution >= 4 is 16.7 Å². The largest absolute Gasteiger partial charge is 0.493 e. The zero-order valence-electron chi connectivity index (χ0n) is 17.9. The molecule has 0 radical (unpaired) electrons. The lowest BCUT2D eigenvalue weighted by Gasteiger charge is -2.37. The lowest BCUT2D eigenvalue weighted by molar-refractivity contribution is -0.384. The Bertz CT molecular complexity index is 1500. The molecule has 0 saturated heterocycles. The van der Waals surface area contributed by atoms with Crippen LogP contribution >= 0.6 is 0 Å². The first kappa shape index (κ1) is 19.5. The van der Waals surface area contributed by atoms with Crippen LogP contribution in [-0.4, -0.2) is 27.9 Å². The highest BCUT2D eigenvalue weighted by Gasteiger charge is 2.43. The molecular weight excluding hydrogens is 426 g/mol. The second-order valence-corrected chi connectivity index (χ2v) is 8.45. The number of aromatic nitrogens is 2. The van der Waals surface area contributed by atoms with Crippen LogP contribution in [0, 0.1) is 29.9 Å². The standard InChI is InChI=1S/C24H19N3O6/c1-12-9-19(28)33-23-17(12)7-8-18-22(23)21-14(10-31-18)11-32-24-20(21)13(2)25-26(24)15-3-5-16(6-4-15)27(29)30/h3-9,14,21H,10-11H2,1-2H3/t14-,21-/m1/s1. The van der Waals surface area contributed by atoms with E-state index in [0.717, 1.165) is 27.8 Å². The number of nitro benzene ring substituents is 1. The van der Waals surface area contributed by atoms with Crippen molar-refractivity contribution in [1.82, 2.24) is 9.78 Å². The van der Waals surface area contributed by atoms with Crippen molar-refractivity contribution in [2.75, 3.05) is 13.2 Å². The molecule has 2 aromatic carbocycles. The maximum absolute atomic E-state index is 12.2. The minimum absolute atomic E-state index is 0.00713. The number of fused-ring (bicyclic) bond motifs is 7. The number of ether oxygens (including phenoxy) is 2. The summed E-state index contributed by atoms with van der Waals surface area (Å²) >= 11 is 0. The van der Waals surface area contributed by atoms with Crippen LogP contribution in [0.2, 0.25) is 0 Å². The summed E-state index contributed by atoms with van der Waals surface area (Å²) in [6.07, 6.45) is 0. The van der Waals surface area contributed by atoms with E-state index in [0.29, 0.717) is 36.1 Å². The molecule has 6 rings (SSSR count). The summed E-state index contributed by atoms with van der Waals surface area (Å²) in [5, 5.41) is 16.6. The Morgan fingerprint density at radius 3 is 2.58 bits per heavy atom. The summed E-state index contributed by atoms with van der Waals surface area (Å²) in [6, 6.07) is 11.5. The van der Waals surface area contributed by atoms with E-state index in [4.69, 9.17) is 19.0 Å². The third-order valence-corrected chi connectivity index (χ3v) is 6.47. The SMILES string of the molecule is Cc1nn(-c2ccc([N+](=O)[O-])cc2)c2c1[C@@H]1c3c(ccc4c(C)cc(=O)oc34)OC[C@@H]1CO2. The van der Waals surface area contributed by atoms with Gasteiger partial charge in [0, 0.05) is 46.5 Å². The molecule has 166 valence electrons. The monoisotopic (exact) mass is 445 g/mol. The maximum atomic E-state index is 12.2. The van der Waals surface area contributed by atoms with Crippen molar-refractivity contribution in [3.63, 3.8) is 0 Å². The molecule has 2 aromatic heterocycles. The molecule has 0 aliphatic carbocycles. The second-order valence-electron chi connectivity index (χ2n) is 8.45. The van der Waals surface area contributed by atoms with Crippen LogP contribution in [0.1, 0.15) is 28.3 Å². The minimum Gasteiger partial charge on any atom is -0.493 e. The molecule has 0 bridgehead atoms. The number of rotatable bonds is 2. The molecule has 0 saturated carbocycles. The highest BCUT2D eigenvalue weighted by Crippen LogP contribution is 2.51. The number of nitrogens with zero attached hydrogens (tertiary/aromatic N) is 3. The predicted molar refractivity (Wildman–Crippen MR) is 118 cm³/mol. The molecule has 0 N–H and O–H groups in total. The molecule has 0 amide bonds. The summed E-state index contributed by atoms with van der Waals surface area (Å²) in [7, 11) is 0. The van der Waals surface area contributed by atoms with E-state index in [2.05, 4.69) is 0 Å². The van der Waals surface area contributed by atoms with Crippen LogP contribution in [-0.2, 0) is 0 Å². The van der Waals surface area contributed by atoms with E-state index in [1.54, 1.807) is 16.8 Å². The topological polar surface area (TPSA) is 110 Å². The van der Waals surface area contributed by atoms with Gasteiger partial charge in [0.15, 0.2) is 0 Å². The molecule has 0 fully saturated rings. The molecule has 4 heterocycles. The normalized spacial score (nSPS) is 18.6. The van der Waals surface area contributed by atoms with Crippen molar-refractivity contribution in [2.24, 2.45) is 5.92 Å². The summed E-state index contributed by atoms with van der Waals surface area (Å²) in [5.74, 6) is 1.17. The van der Waals surface area contributed by atoms with Gasteiger partial charge < -0.3 is 13.9 Å². The number of hydrogen-bond donors (Lipinski definition) is 0. The van der Waals surface area contributed by atoms with Crippen molar-refractivity contribution in [2.45, 2.75) is 19.8 Å². The highest BCUT2D eigenvalue weighted by molar-refractivity contribution is 5.86. The molecule has 0 spiro atoms. The third-order valence-electron chi connectivity index (χ3n) is 6.47. The zero-order chi connectivity index (χ0) is 22.9. The minimum atomic E-state index is -0.436. The second kappa shape index (κ2) is 6.93. The fourth-order valence-corrected chi connectivity index (χ4v) is 4.95. The van der Waals surface area contributed by atoms with Gasteiger partial charge in [0.25, 0.3) is 5.69 Å². The number of nitro groups is 1. The molecule has 2 aliphatic rings. The first-order valence-electron chi connectivity index (χ1n) is 10.6. The Labute approximate surface area is 187 Å². The number of non-ortho nitro benzene ring substituents is 1. The van der Waals surface area contributed by atoms with Gasteiger partial charge in [-0.05, 0) is 43.7 Å². The van der Waals surface area contributed by atoms with Gasteiger partial charge in [-0.2, -0.15) is 5.10 Å². The van der Waals surface area contributed by atoms with Crippen LogP contribution in [0.3, 0.4) is 0 Å². The number of hydrogen-bond acceptors (Lipinski definition) is 7. The number of aryl methyl sites for hydroxylation is 2. The Hall–Kier alpha value is -4.14. The van der Waals surface area contributed by atoms with E-state index >= 15 is 0 Å². The van der Waals surface area contributed by atoms with E-state index in [9.17, 15) is 14.9 Å². The van der Waals surface area contributed by atoms with E-state index in [1.165, 1.54) is 18.2 Å². The average Bonchev–Trinajstić information content (AvgIpc) is 3.15. The van der Waals surface area contributed by atoms with Crippen molar-refractivity contribution in [1.29, 1.82) is 0 Å². The Morgan fingerprint density at radius 1 is 1.06 bits per heavy atom. The summed E-state index contributed by atoms with van der Waals surface area (Å²) in [4.78, 5) is 22.8. The van der Waals surface area contributed by atoms with E-state index in [1.807, 2.05) is 26.0 Å². The van der Waals surface area contributed by atoms with Crippen molar-refractivity contribution in [3.05, 3.63) is 85.4 Å². The molecule has 2 atom stereocenters. The smallest absolute Gasteiger partial charge is 0.336 e. The first-order chi connectivity index (χ1) is 15.9.